The molecule has 2 fully saturated rings. The number of hydrogen-bond acceptors (Lipinski definition) is 2. The van der Waals surface area contributed by atoms with Gasteiger partial charge in [0.2, 0.25) is 0 Å². The van der Waals surface area contributed by atoms with Gasteiger partial charge in [-0.3, -0.25) is 0 Å². The lowest BCUT2D eigenvalue weighted by Gasteiger charge is -2.37. The summed E-state index contributed by atoms with van der Waals surface area (Å²) in [7, 11) is 0. The molecule has 0 amide bonds. The van der Waals surface area contributed by atoms with Gasteiger partial charge in [-0.05, 0) is 44.1 Å². The highest BCUT2D eigenvalue weighted by Gasteiger charge is 2.33. The summed E-state index contributed by atoms with van der Waals surface area (Å²) in [6, 6.07) is 0.727. The first-order chi connectivity index (χ1) is 8.85. The average Bonchev–Trinajstić information content (AvgIpc) is 2.94. The van der Waals surface area contributed by atoms with E-state index in [1.54, 1.807) is 0 Å². The molecule has 0 aromatic carbocycles. The highest BCUT2D eigenvalue weighted by Crippen LogP contribution is 2.36. The molecule has 0 bridgehead atoms. The fourth-order valence-electron chi connectivity index (χ4n) is 3.82. The van der Waals surface area contributed by atoms with Crippen LogP contribution in [-0.4, -0.2) is 25.8 Å². The van der Waals surface area contributed by atoms with E-state index < -0.39 is 0 Å². The lowest BCUT2D eigenvalue weighted by atomic mass is 9.74. The highest BCUT2D eigenvalue weighted by atomic mass is 16.5. The molecule has 0 aromatic heterocycles. The van der Waals surface area contributed by atoms with Gasteiger partial charge in [0.05, 0.1) is 6.61 Å². The Bertz CT molecular complexity index is 217. The van der Waals surface area contributed by atoms with Gasteiger partial charge in [-0.1, -0.05) is 33.1 Å². The van der Waals surface area contributed by atoms with Crippen LogP contribution in [0.3, 0.4) is 0 Å². The summed E-state index contributed by atoms with van der Waals surface area (Å²) in [5.74, 6) is 2.69. The predicted octanol–water partition coefficient (Wildman–Crippen LogP) is 3.61. The lowest BCUT2D eigenvalue weighted by Crippen LogP contribution is -2.44. The molecule has 0 radical (unpaired) electrons. The van der Waals surface area contributed by atoms with Crippen molar-refractivity contribution in [3.05, 3.63) is 0 Å². The van der Waals surface area contributed by atoms with Crippen LogP contribution in [-0.2, 0) is 4.74 Å². The van der Waals surface area contributed by atoms with E-state index in [9.17, 15) is 0 Å². The first-order valence-electron chi connectivity index (χ1n) is 8.16. The first-order valence-corrected chi connectivity index (χ1v) is 8.16. The normalized spacial score (nSPS) is 34.7. The zero-order valence-electron chi connectivity index (χ0n) is 12.3. The third kappa shape index (κ3) is 3.71. The summed E-state index contributed by atoms with van der Waals surface area (Å²) in [5, 5.41) is 3.83. The van der Waals surface area contributed by atoms with Crippen LogP contribution in [0.15, 0.2) is 0 Å². The lowest BCUT2D eigenvalue weighted by molar-refractivity contribution is 0.143. The second kappa shape index (κ2) is 7.49. The molecule has 2 rings (SSSR count). The zero-order chi connectivity index (χ0) is 12.8. The Hall–Kier alpha value is -0.0800. The van der Waals surface area contributed by atoms with E-state index in [0.717, 1.165) is 37.0 Å². The fourth-order valence-corrected chi connectivity index (χ4v) is 3.82. The maximum atomic E-state index is 5.61. The molecular formula is C16H31NO. The van der Waals surface area contributed by atoms with Gasteiger partial charge in [0.1, 0.15) is 0 Å². The number of rotatable bonds is 6. The van der Waals surface area contributed by atoms with E-state index in [0.29, 0.717) is 0 Å². The summed E-state index contributed by atoms with van der Waals surface area (Å²) in [6.07, 6.45) is 9.70. The number of ether oxygens (including phenoxy) is 1. The van der Waals surface area contributed by atoms with Crippen molar-refractivity contribution in [3.8, 4) is 0 Å². The summed E-state index contributed by atoms with van der Waals surface area (Å²) in [5.41, 5.74) is 0. The third-order valence-corrected chi connectivity index (χ3v) is 5.08. The van der Waals surface area contributed by atoms with Crippen LogP contribution >= 0.6 is 0 Å². The van der Waals surface area contributed by atoms with E-state index in [-0.39, 0.29) is 0 Å². The van der Waals surface area contributed by atoms with Crippen molar-refractivity contribution in [2.24, 2.45) is 17.8 Å². The van der Waals surface area contributed by atoms with Gasteiger partial charge in [-0.25, -0.2) is 0 Å². The minimum atomic E-state index is 0.727. The van der Waals surface area contributed by atoms with Crippen LogP contribution in [0.2, 0.25) is 0 Å². The molecule has 2 aliphatic rings. The smallest absolute Gasteiger partial charge is 0.0510 e. The van der Waals surface area contributed by atoms with Gasteiger partial charge in [0.15, 0.2) is 0 Å². The monoisotopic (exact) mass is 253 g/mol. The minimum Gasteiger partial charge on any atom is -0.381 e. The highest BCUT2D eigenvalue weighted by molar-refractivity contribution is 4.88. The van der Waals surface area contributed by atoms with Crippen LogP contribution in [0.5, 0.6) is 0 Å². The Labute approximate surface area is 113 Å². The Balaban J connectivity index is 1.87. The molecule has 1 N–H and O–H groups in total. The zero-order valence-corrected chi connectivity index (χ0v) is 12.3. The van der Waals surface area contributed by atoms with Gasteiger partial charge >= 0.3 is 0 Å². The van der Waals surface area contributed by atoms with Crippen molar-refractivity contribution in [2.45, 2.75) is 64.8 Å². The molecule has 1 aliphatic heterocycles. The van der Waals surface area contributed by atoms with E-state index >= 15 is 0 Å². The maximum Gasteiger partial charge on any atom is 0.0510 e. The maximum absolute atomic E-state index is 5.61. The molecule has 2 atom stereocenters. The molecule has 2 nitrogen and oxygen atoms in total. The van der Waals surface area contributed by atoms with E-state index in [1.165, 1.54) is 51.5 Å². The molecule has 1 heterocycles. The molecular weight excluding hydrogens is 222 g/mol. The van der Waals surface area contributed by atoms with Gasteiger partial charge in [-0.15, -0.1) is 0 Å². The van der Waals surface area contributed by atoms with Crippen molar-refractivity contribution in [3.63, 3.8) is 0 Å². The number of nitrogens with one attached hydrogen (secondary N) is 1. The van der Waals surface area contributed by atoms with Crippen LogP contribution in [0.1, 0.15) is 58.8 Å². The summed E-state index contributed by atoms with van der Waals surface area (Å²) < 4.78 is 5.61. The first kappa shape index (κ1) is 14.3. The molecule has 1 saturated carbocycles. The van der Waals surface area contributed by atoms with Crippen molar-refractivity contribution < 1.29 is 4.74 Å². The van der Waals surface area contributed by atoms with E-state index in [4.69, 9.17) is 4.74 Å². The van der Waals surface area contributed by atoms with Crippen LogP contribution < -0.4 is 5.32 Å². The fraction of sp³-hybridized carbons (Fsp3) is 1.00. The summed E-state index contributed by atoms with van der Waals surface area (Å²) in [4.78, 5) is 0. The second-order valence-electron chi connectivity index (χ2n) is 6.29. The third-order valence-electron chi connectivity index (χ3n) is 5.08. The minimum absolute atomic E-state index is 0.727. The predicted molar refractivity (Wildman–Crippen MR) is 76.7 cm³/mol. The topological polar surface area (TPSA) is 21.3 Å². The van der Waals surface area contributed by atoms with Crippen molar-refractivity contribution >= 4 is 0 Å². The molecule has 2 heteroatoms. The molecule has 0 aromatic rings. The molecule has 1 saturated heterocycles. The molecule has 1 aliphatic carbocycles. The Kier molecular flexibility index (Phi) is 5.97. The van der Waals surface area contributed by atoms with Gasteiger partial charge in [0, 0.05) is 18.6 Å². The van der Waals surface area contributed by atoms with Crippen LogP contribution in [0.25, 0.3) is 0 Å². The molecule has 2 unspecified atom stereocenters. The summed E-state index contributed by atoms with van der Waals surface area (Å²) in [6.45, 7) is 7.77. The van der Waals surface area contributed by atoms with Crippen molar-refractivity contribution in [1.82, 2.24) is 5.32 Å². The summed E-state index contributed by atoms with van der Waals surface area (Å²) >= 11 is 0. The molecule has 106 valence electrons. The van der Waals surface area contributed by atoms with Crippen molar-refractivity contribution in [1.29, 1.82) is 0 Å². The Morgan fingerprint density at radius 3 is 2.39 bits per heavy atom. The number of hydrogen-bond donors (Lipinski definition) is 1. The Morgan fingerprint density at radius 2 is 1.83 bits per heavy atom. The van der Waals surface area contributed by atoms with Crippen LogP contribution in [0, 0.1) is 17.8 Å². The van der Waals surface area contributed by atoms with Crippen molar-refractivity contribution in [2.75, 3.05) is 19.8 Å². The molecule has 0 spiro atoms. The van der Waals surface area contributed by atoms with E-state index in [2.05, 4.69) is 19.2 Å². The SMILES string of the molecule is CCCNC(C1CCC(CC)CC1)C1CCOC1. The van der Waals surface area contributed by atoms with Gasteiger partial charge < -0.3 is 10.1 Å². The van der Waals surface area contributed by atoms with E-state index in [1.807, 2.05) is 0 Å². The van der Waals surface area contributed by atoms with Crippen LogP contribution in [0.4, 0.5) is 0 Å². The average molecular weight is 253 g/mol. The quantitative estimate of drug-likeness (QED) is 0.781. The largest absolute Gasteiger partial charge is 0.381 e. The Morgan fingerprint density at radius 1 is 1.06 bits per heavy atom. The van der Waals surface area contributed by atoms with Gasteiger partial charge in [0.25, 0.3) is 0 Å². The second-order valence-corrected chi connectivity index (χ2v) is 6.29. The standard InChI is InChI=1S/C16H31NO/c1-3-10-17-16(15-9-11-18-12-15)14-7-5-13(4-2)6-8-14/h13-17H,3-12H2,1-2H3. The molecule has 18 heavy (non-hydrogen) atoms. The van der Waals surface area contributed by atoms with Gasteiger partial charge in [-0.2, -0.15) is 0 Å².